The minimum atomic E-state index is 0.716. The summed E-state index contributed by atoms with van der Waals surface area (Å²) in [5, 5.41) is 14.0. The van der Waals surface area contributed by atoms with Crippen LogP contribution in [-0.4, -0.2) is 30.2 Å². The Morgan fingerprint density at radius 3 is 2.95 bits per heavy atom. The zero-order valence-electron chi connectivity index (χ0n) is 12.2. The summed E-state index contributed by atoms with van der Waals surface area (Å²) in [5.74, 6) is 1.60. The highest BCUT2D eigenvalue weighted by Gasteiger charge is 2.14. The SMILES string of the molecule is CCCn1nnnc1CSc1ncnc2sc(C)c(C)c12. The molecule has 0 aliphatic heterocycles. The number of rotatable bonds is 5. The van der Waals surface area contributed by atoms with Gasteiger partial charge in [-0.1, -0.05) is 18.7 Å². The first-order chi connectivity index (χ1) is 10.2. The van der Waals surface area contributed by atoms with Crippen molar-refractivity contribution < 1.29 is 0 Å². The van der Waals surface area contributed by atoms with E-state index in [9.17, 15) is 0 Å². The average molecular weight is 320 g/mol. The van der Waals surface area contributed by atoms with E-state index < -0.39 is 0 Å². The van der Waals surface area contributed by atoms with Crippen molar-refractivity contribution in [3.8, 4) is 0 Å². The molecule has 0 fully saturated rings. The van der Waals surface area contributed by atoms with Crippen LogP contribution in [0.25, 0.3) is 10.2 Å². The van der Waals surface area contributed by atoms with E-state index in [0.717, 1.165) is 28.6 Å². The lowest BCUT2D eigenvalue weighted by Gasteiger charge is -2.04. The first-order valence-electron chi connectivity index (χ1n) is 6.79. The normalized spacial score (nSPS) is 11.4. The van der Waals surface area contributed by atoms with E-state index >= 15 is 0 Å². The predicted molar refractivity (Wildman–Crippen MR) is 84.6 cm³/mol. The van der Waals surface area contributed by atoms with Crippen LogP contribution >= 0.6 is 23.1 Å². The smallest absolute Gasteiger partial charge is 0.161 e. The number of fused-ring (bicyclic) bond motifs is 1. The fourth-order valence-corrected chi connectivity index (χ4v) is 4.15. The maximum atomic E-state index is 4.44. The molecule has 0 bridgehead atoms. The molecule has 110 valence electrons. The third-order valence-electron chi connectivity index (χ3n) is 3.31. The summed E-state index contributed by atoms with van der Waals surface area (Å²) in [7, 11) is 0. The van der Waals surface area contributed by atoms with Gasteiger partial charge in [0.15, 0.2) is 5.82 Å². The lowest BCUT2D eigenvalue weighted by Crippen LogP contribution is -2.04. The summed E-state index contributed by atoms with van der Waals surface area (Å²) >= 11 is 3.38. The molecule has 0 N–H and O–H groups in total. The van der Waals surface area contributed by atoms with Crippen LogP contribution in [0.2, 0.25) is 0 Å². The van der Waals surface area contributed by atoms with Crippen molar-refractivity contribution in [2.45, 2.75) is 44.5 Å². The quantitative estimate of drug-likeness (QED) is 0.532. The van der Waals surface area contributed by atoms with Gasteiger partial charge in [0.2, 0.25) is 0 Å². The number of hydrogen-bond acceptors (Lipinski definition) is 7. The molecule has 3 heterocycles. The van der Waals surface area contributed by atoms with Crippen LogP contribution < -0.4 is 0 Å². The van der Waals surface area contributed by atoms with Crippen LogP contribution in [0.15, 0.2) is 11.4 Å². The summed E-state index contributed by atoms with van der Waals surface area (Å²) in [6.45, 7) is 7.21. The van der Waals surface area contributed by atoms with E-state index in [0.29, 0.717) is 5.75 Å². The minimum absolute atomic E-state index is 0.716. The minimum Gasteiger partial charge on any atom is -0.229 e. The average Bonchev–Trinajstić information content (AvgIpc) is 3.03. The molecule has 3 aromatic heterocycles. The van der Waals surface area contributed by atoms with E-state index in [4.69, 9.17) is 0 Å². The van der Waals surface area contributed by atoms with Crippen LogP contribution in [0.5, 0.6) is 0 Å². The fraction of sp³-hybridized carbons (Fsp3) is 0.462. The molecule has 0 saturated heterocycles. The Morgan fingerprint density at radius 2 is 2.14 bits per heavy atom. The Bertz CT molecular complexity index is 763. The Balaban J connectivity index is 1.87. The third kappa shape index (κ3) is 2.77. The highest BCUT2D eigenvalue weighted by atomic mass is 32.2. The van der Waals surface area contributed by atoms with Crippen molar-refractivity contribution in [3.63, 3.8) is 0 Å². The second kappa shape index (κ2) is 6.07. The molecule has 3 rings (SSSR count). The van der Waals surface area contributed by atoms with Crippen LogP contribution in [-0.2, 0) is 12.3 Å². The third-order valence-corrected chi connectivity index (χ3v) is 5.41. The largest absolute Gasteiger partial charge is 0.229 e. The van der Waals surface area contributed by atoms with Gasteiger partial charge >= 0.3 is 0 Å². The van der Waals surface area contributed by atoms with Gasteiger partial charge in [-0.25, -0.2) is 14.6 Å². The summed E-state index contributed by atoms with van der Waals surface area (Å²) in [4.78, 5) is 11.1. The van der Waals surface area contributed by atoms with Gasteiger partial charge in [0, 0.05) is 16.8 Å². The summed E-state index contributed by atoms with van der Waals surface area (Å²) < 4.78 is 1.86. The molecule has 3 aromatic rings. The molecule has 6 nitrogen and oxygen atoms in total. The fourth-order valence-electron chi connectivity index (χ4n) is 2.10. The first-order valence-corrected chi connectivity index (χ1v) is 8.59. The van der Waals surface area contributed by atoms with Crippen molar-refractivity contribution in [2.75, 3.05) is 0 Å². The molecular weight excluding hydrogens is 304 g/mol. The van der Waals surface area contributed by atoms with Gasteiger partial charge in [-0.15, -0.1) is 16.4 Å². The summed E-state index contributed by atoms with van der Waals surface area (Å²) in [6, 6.07) is 0. The second-order valence-corrected chi connectivity index (χ2v) is 6.92. The monoisotopic (exact) mass is 320 g/mol. The molecule has 0 amide bonds. The molecule has 8 heteroatoms. The molecule has 21 heavy (non-hydrogen) atoms. The van der Waals surface area contributed by atoms with Crippen LogP contribution in [0.4, 0.5) is 0 Å². The van der Waals surface area contributed by atoms with Gasteiger partial charge in [-0.2, -0.15) is 0 Å². The molecule has 0 atom stereocenters. The van der Waals surface area contributed by atoms with Gasteiger partial charge < -0.3 is 0 Å². The standard InChI is InChI=1S/C13H16N6S2/c1-4-5-19-10(16-17-18-19)6-20-12-11-8(2)9(3)21-13(11)15-7-14-12/h7H,4-6H2,1-3H3. The van der Waals surface area contributed by atoms with Crippen LogP contribution in [0.1, 0.15) is 29.6 Å². The van der Waals surface area contributed by atoms with Crippen molar-refractivity contribution in [2.24, 2.45) is 0 Å². The highest BCUT2D eigenvalue weighted by molar-refractivity contribution is 7.98. The van der Waals surface area contributed by atoms with E-state index in [-0.39, 0.29) is 0 Å². The van der Waals surface area contributed by atoms with Gasteiger partial charge in [0.05, 0.1) is 5.75 Å². The van der Waals surface area contributed by atoms with Crippen molar-refractivity contribution in [1.29, 1.82) is 0 Å². The zero-order valence-corrected chi connectivity index (χ0v) is 13.8. The van der Waals surface area contributed by atoms with Gasteiger partial charge in [0.1, 0.15) is 16.2 Å². The zero-order chi connectivity index (χ0) is 14.8. The van der Waals surface area contributed by atoms with E-state index in [1.807, 2.05) is 4.68 Å². The molecule has 0 unspecified atom stereocenters. The maximum Gasteiger partial charge on any atom is 0.161 e. The van der Waals surface area contributed by atoms with E-state index in [2.05, 4.69) is 46.3 Å². The number of nitrogens with zero attached hydrogens (tertiary/aromatic N) is 6. The second-order valence-electron chi connectivity index (χ2n) is 4.75. The van der Waals surface area contributed by atoms with Gasteiger partial charge in [-0.3, -0.25) is 0 Å². The maximum absolute atomic E-state index is 4.44. The number of thioether (sulfide) groups is 1. The topological polar surface area (TPSA) is 69.4 Å². The van der Waals surface area contributed by atoms with Gasteiger partial charge in [-0.05, 0) is 36.3 Å². The Kier molecular flexibility index (Phi) is 4.16. The Morgan fingerprint density at radius 1 is 1.29 bits per heavy atom. The number of aryl methyl sites for hydroxylation is 3. The van der Waals surface area contributed by atoms with E-state index in [1.165, 1.54) is 15.8 Å². The lowest BCUT2D eigenvalue weighted by atomic mass is 10.2. The molecular formula is C13H16N6S2. The van der Waals surface area contributed by atoms with Crippen LogP contribution in [0, 0.1) is 13.8 Å². The van der Waals surface area contributed by atoms with Crippen LogP contribution in [0.3, 0.4) is 0 Å². The van der Waals surface area contributed by atoms with Gasteiger partial charge in [0.25, 0.3) is 0 Å². The number of hydrogen-bond donors (Lipinski definition) is 0. The molecule has 0 saturated carbocycles. The molecule has 0 aliphatic carbocycles. The Hall–Kier alpha value is -1.54. The lowest BCUT2D eigenvalue weighted by molar-refractivity contribution is 0.564. The van der Waals surface area contributed by atoms with E-state index in [1.54, 1.807) is 29.4 Å². The predicted octanol–water partition coefficient (Wildman–Crippen LogP) is 3.00. The summed E-state index contributed by atoms with van der Waals surface area (Å²) in [6.07, 6.45) is 2.65. The Labute approximate surface area is 131 Å². The highest BCUT2D eigenvalue weighted by Crippen LogP contribution is 2.35. The number of thiophene rings is 1. The molecule has 0 radical (unpaired) electrons. The molecule has 0 spiro atoms. The summed E-state index contributed by atoms with van der Waals surface area (Å²) in [5.41, 5.74) is 1.27. The molecule has 0 aliphatic rings. The first kappa shape index (κ1) is 14.4. The number of tetrazole rings is 1. The van der Waals surface area contributed by atoms with Crippen molar-refractivity contribution in [3.05, 3.63) is 22.6 Å². The van der Waals surface area contributed by atoms with Crippen molar-refractivity contribution in [1.82, 2.24) is 30.2 Å². The van der Waals surface area contributed by atoms with Crippen molar-refractivity contribution >= 4 is 33.3 Å². The number of aromatic nitrogens is 6. The molecule has 0 aromatic carbocycles.